The molecule has 1 heterocycles. The Morgan fingerprint density at radius 1 is 0.968 bits per heavy atom. The van der Waals surface area contributed by atoms with Crippen molar-refractivity contribution in [3.05, 3.63) is 35.9 Å². The Bertz CT molecular complexity index is 752. The molecular weight excluding hydrogens is 534 g/mol. The molecule has 0 spiro atoms. The van der Waals surface area contributed by atoms with Crippen LogP contribution in [0, 0.1) is 0 Å². The molecule has 0 radical (unpaired) electrons. The van der Waals surface area contributed by atoms with Crippen LogP contribution in [0.3, 0.4) is 0 Å². The fraction of sp³-hybridized carbons (Fsp3) is 0.727. The summed E-state index contributed by atoms with van der Waals surface area (Å²) in [5, 5.41) is 0. The summed E-state index contributed by atoms with van der Waals surface area (Å²) in [7, 11) is -5.52. The summed E-state index contributed by atoms with van der Waals surface area (Å²) in [6, 6.07) is 7.67. The number of unbranched alkanes of at least 4 members (excludes halogenated alkanes) is 3. The summed E-state index contributed by atoms with van der Waals surface area (Å²) in [5.41, 5.74) is -4.79. The first-order valence-electron chi connectivity index (χ1n) is 11.4. The summed E-state index contributed by atoms with van der Waals surface area (Å²) in [6.45, 7) is 6.20. The molecule has 1 aromatic rings. The number of halogens is 3. The summed E-state index contributed by atoms with van der Waals surface area (Å²) >= 11 is -3.50. The third-order valence-electron chi connectivity index (χ3n) is 6.31. The van der Waals surface area contributed by atoms with Crippen LogP contribution in [-0.4, -0.2) is 47.5 Å². The van der Waals surface area contributed by atoms with E-state index in [9.17, 15) is 21.6 Å². The molecule has 9 heteroatoms. The Labute approximate surface area is 189 Å². The predicted molar refractivity (Wildman–Crippen MR) is 121 cm³/mol. The average Bonchev–Trinajstić information content (AvgIpc) is 3.20. The van der Waals surface area contributed by atoms with Crippen molar-refractivity contribution in [3.63, 3.8) is 0 Å². The van der Waals surface area contributed by atoms with E-state index >= 15 is 0 Å². The van der Waals surface area contributed by atoms with Crippen LogP contribution < -0.4 is 0 Å². The van der Waals surface area contributed by atoms with Crippen LogP contribution in [0.25, 0.3) is 0 Å². The third-order valence-corrected chi connectivity index (χ3v) is 24.2. The molecular formula is C22H36F3NO3SSn. The Morgan fingerprint density at radius 2 is 1.45 bits per heavy atom. The molecule has 1 aliphatic heterocycles. The number of hydrogen-bond donors (Lipinski definition) is 0. The topological polar surface area (TPSA) is 46.6 Å². The number of hydrogen-bond acceptors (Lipinski definition) is 3. The zero-order valence-corrected chi connectivity index (χ0v) is 22.5. The van der Waals surface area contributed by atoms with E-state index in [2.05, 4.69) is 20.8 Å². The van der Waals surface area contributed by atoms with E-state index in [4.69, 9.17) is 4.74 Å². The molecule has 1 saturated heterocycles. The molecule has 2 atom stereocenters. The maximum atomic E-state index is 13.8. The van der Waals surface area contributed by atoms with Crippen LogP contribution in [0.1, 0.15) is 70.9 Å². The predicted octanol–water partition coefficient (Wildman–Crippen LogP) is 6.62. The van der Waals surface area contributed by atoms with Crippen LogP contribution in [-0.2, 0) is 14.8 Å². The molecule has 0 aromatic heterocycles. The second-order valence-electron chi connectivity index (χ2n) is 8.57. The van der Waals surface area contributed by atoms with Crippen LogP contribution >= 0.6 is 0 Å². The summed E-state index contributed by atoms with van der Waals surface area (Å²) in [4.78, 5) is 0. The van der Waals surface area contributed by atoms with Crippen LogP contribution in [0.4, 0.5) is 13.2 Å². The molecule has 0 bridgehead atoms. The van der Waals surface area contributed by atoms with Gasteiger partial charge in [-0.15, -0.1) is 0 Å². The molecule has 178 valence electrons. The zero-order chi connectivity index (χ0) is 23.1. The fourth-order valence-corrected chi connectivity index (χ4v) is 25.0. The molecule has 2 rings (SSSR count). The number of nitrogens with zero attached hydrogens (tertiary/aromatic N) is 1. The number of sulfonamides is 1. The molecule has 1 fully saturated rings. The quantitative estimate of drug-likeness (QED) is 0.266. The van der Waals surface area contributed by atoms with Gasteiger partial charge in [0, 0.05) is 0 Å². The second-order valence-corrected chi connectivity index (χ2v) is 23.9. The van der Waals surface area contributed by atoms with E-state index < -0.39 is 44.2 Å². The Hall–Kier alpha value is -0.321. The van der Waals surface area contributed by atoms with E-state index in [-0.39, 0.29) is 6.61 Å². The minimum absolute atomic E-state index is 0.0208. The standard InChI is InChI=1S/C10H9F3NO3S.3C4H9.Sn/c11-10(12,13)18(15,16)14-7-17-6-9(14)8-4-2-1-3-5-8;3*1-3-4-2;/h1-5,7,9H,6H2;3*1,3-4H2,2H3;/t9-;;;;/m0..../s1. The fourth-order valence-electron chi connectivity index (χ4n) is 4.60. The Morgan fingerprint density at radius 3 is 1.87 bits per heavy atom. The van der Waals surface area contributed by atoms with Gasteiger partial charge in [-0.1, -0.05) is 0 Å². The molecule has 1 aromatic carbocycles. The molecule has 4 nitrogen and oxygen atoms in total. The van der Waals surface area contributed by atoms with Gasteiger partial charge in [0.25, 0.3) is 0 Å². The van der Waals surface area contributed by atoms with Gasteiger partial charge in [-0.3, -0.25) is 0 Å². The summed E-state index contributed by atoms with van der Waals surface area (Å²) < 4.78 is 75.8. The van der Waals surface area contributed by atoms with Crippen LogP contribution in [0.2, 0.25) is 13.3 Å². The molecule has 0 unspecified atom stereocenters. The van der Waals surface area contributed by atoms with E-state index in [0.29, 0.717) is 5.56 Å². The van der Waals surface area contributed by atoms with Crippen LogP contribution in [0.15, 0.2) is 30.3 Å². The summed E-state index contributed by atoms with van der Waals surface area (Å²) in [5.74, 6) is 0. The second kappa shape index (κ2) is 11.7. The SMILES string of the molecule is CCC[CH2][Sn]([CH2]CCC)([CH2]CCC)[C@@H]1OC[C@@H](c2ccccc2)N1S(=O)(=O)C(F)(F)F. The third kappa shape index (κ3) is 6.18. The van der Waals surface area contributed by atoms with Gasteiger partial charge in [0.15, 0.2) is 0 Å². The molecule has 0 N–H and O–H groups in total. The number of ether oxygens (including phenoxy) is 1. The maximum absolute atomic E-state index is 13.8. The number of rotatable bonds is 12. The van der Waals surface area contributed by atoms with Crippen molar-refractivity contribution in [2.45, 2.75) is 88.4 Å². The molecule has 31 heavy (non-hydrogen) atoms. The van der Waals surface area contributed by atoms with E-state index in [0.717, 1.165) is 56.1 Å². The first kappa shape index (κ1) is 26.9. The van der Waals surface area contributed by atoms with Crippen LogP contribution in [0.5, 0.6) is 0 Å². The van der Waals surface area contributed by atoms with Gasteiger partial charge in [-0.25, -0.2) is 0 Å². The zero-order valence-electron chi connectivity index (χ0n) is 18.8. The van der Waals surface area contributed by atoms with Crippen molar-refractivity contribution in [1.29, 1.82) is 0 Å². The average molecular weight is 570 g/mol. The first-order valence-corrected chi connectivity index (χ1v) is 20.5. The van der Waals surface area contributed by atoms with Crippen molar-refractivity contribution < 1.29 is 26.3 Å². The van der Waals surface area contributed by atoms with E-state index in [1.54, 1.807) is 30.3 Å². The van der Waals surface area contributed by atoms with Gasteiger partial charge in [0.1, 0.15) is 0 Å². The molecule has 0 saturated carbocycles. The molecule has 0 amide bonds. The van der Waals surface area contributed by atoms with Gasteiger partial charge < -0.3 is 0 Å². The number of benzene rings is 1. The van der Waals surface area contributed by atoms with Crippen molar-refractivity contribution in [1.82, 2.24) is 4.31 Å². The summed E-state index contributed by atoms with van der Waals surface area (Å²) in [6.07, 6.45) is 5.57. The van der Waals surface area contributed by atoms with Crippen molar-refractivity contribution >= 4 is 28.4 Å². The van der Waals surface area contributed by atoms with Gasteiger partial charge in [-0.05, 0) is 0 Å². The van der Waals surface area contributed by atoms with Gasteiger partial charge >= 0.3 is 190 Å². The van der Waals surface area contributed by atoms with E-state index in [1.165, 1.54) is 0 Å². The minimum atomic E-state index is -5.52. The Balaban J connectivity index is 2.60. The monoisotopic (exact) mass is 571 g/mol. The van der Waals surface area contributed by atoms with Crippen molar-refractivity contribution in [2.75, 3.05) is 6.61 Å². The number of alkyl halides is 3. The van der Waals surface area contributed by atoms with E-state index in [1.807, 2.05) is 0 Å². The molecule has 1 aliphatic rings. The van der Waals surface area contributed by atoms with Crippen molar-refractivity contribution in [2.24, 2.45) is 0 Å². The van der Waals surface area contributed by atoms with Gasteiger partial charge in [0.2, 0.25) is 0 Å². The van der Waals surface area contributed by atoms with Crippen molar-refractivity contribution in [3.8, 4) is 0 Å². The van der Waals surface area contributed by atoms with Gasteiger partial charge in [-0.2, -0.15) is 0 Å². The molecule has 0 aliphatic carbocycles. The normalized spacial score (nSPS) is 21.0. The Kier molecular flexibility index (Phi) is 10.2. The van der Waals surface area contributed by atoms with Gasteiger partial charge in [0.05, 0.1) is 0 Å². The first-order chi connectivity index (χ1) is 14.6.